The van der Waals surface area contributed by atoms with Gasteiger partial charge in [0.1, 0.15) is 10.6 Å². The molecule has 0 aliphatic carbocycles. The molecule has 7 heteroatoms. The van der Waals surface area contributed by atoms with Gasteiger partial charge in [-0.3, -0.25) is 4.55 Å². The van der Waals surface area contributed by atoms with Crippen LogP contribution in [0.3, 0.4) is 0 Å². The normalized spacial score (nSPS) is 11.2. The van der Waals surface area contributed by atoms with Crippen LogP contribution in [0.1, 0.15) is 83.1 Å². The Morgan fingerprint density at radius 2 is 1.34 bits per heavy atom. The number of benzene rings is 2. The van der Waals surface area contributed by atoms with Crippen LogP contribution in [0.15, 0.2) is 47.4 Å². The predicted molar refractivity (Wildman–Crippen MR) is 122 cm³/mol. The molecular weight excluding hydrogens is 451 g/mol. The van der Waals surface area contributed by atoms with E-state index in [2.05, 4.69) is 6.92 Å². The van der Waals surface area contributed by atoms with Crippen molar-refractivity contribution in [2.24, 2.45) is 0 Å². The van der Waals surface area contributed by atoms with Crippen molar-refractivity contribution in [3.05, 3.63) is 48.0 Å². The molecule has 172 valence electrons. The molecule has 0 aliphatic rings. The Balaban J connectivity index is 0.00000512. The van der Waals surface area contributed by atoms with Crippen LogP contribution in [0.5, 0.6) is 17.2 Å². The van der Waals surface area contributed by atoms with Crippen molar-refractivity contribution >= 4 is 10.1 Å². The van der Waals surface area contributed by atoms with E-state index in [1.165, 1.54) is 57.4 Å². The van der Waals surface area contributed by atoms with Crippen LogP contribution in [0.2, 0.25) is 0 Å². The molecule has 2 aromatic rings. The summed E-state index contributed by atoms with van der Waals surface area (Å²) in [5.41, 5.74) is 0.618. The summed E-state index contributed by atoms with van der Waals surface area (Å²) in [5, 5.41) is 12.2. The van der Waals surface area contributed by atoms with E-state index in [1.807, 2.05) is 6.07 Å². The summed E-state index contributed by atoms with van der Waals surface area (Å²) in [6.45, 7) is 2.23. The van der Waals surface area contributed by atoms with Gasteiger partial charge in [0.25, 0.3) is 10.1 Å². The van der Waals surface area contributed by atoms with Crippen molar-refractivity contribution in [1.82, 2.24) is 0 Å². The summed E-state index contributed by atoms with van der Waals surface area (Å²) >= 11 is 0. The summed E-state index contributed by atoms with van der Waals surface area (Å²) in [6, 6.07) is 11.5. The number of ether oxygens (including phenoxy) is 1. The van der Waals surface area contributed by atoms with Crippen molar-refractivity contribution in [1.29, 1.82) is 0 Å². The maximum absolute atomic E-state index is 12.2. The number of hydrogen-bond donors (Lipinski definition) is 1. The molecule has 0 radical (unpaired) electrons. The van der Waals surface area contributed by atoms with Crippen molar-refractivity contribution in [2.45, 2.75) is 88.9 Å². The van der Waals surface area contributed by atoms with Crippen LogP contribution >= 0.6 is 0 Å². The van der Waals surface area contributed by atoms with Crippen molar-refractivity contribution < 1.29 is 74.2 Å². The Kier molecular flexibility index (Phi) is 15.0. The molecule has 32 heavy (non-hydrogen) atoms. The van der Waals surface area contributed by atoms with Gasteiger partial charge in [-0.15, -0.1) is 0 Å². The number of aryl methyl sites for hydroxylation is 1. The molecule has 0 saturated heterocycles. The van der Waals surface area contributed by atoms with Gasteiger partial charge in [0.15, 0.2) is 5.75 Å². The summed E-state index contributed by atoms with van der Waals surface area (Å²) in [4.78, 5) is -0.683. The minimum Gasteiger partial charge on any atom is -0.871 e. The van der Waals surface area contributed by atoms with E-state index in [0.717, 1.165) is 19.3 Å². The zero-order valence-corrected chi connectivity index (χ0v) is 23.5. The van der Waals surface area contributed by atoms with Gasteiger partial charge >= 0.3 is 51.4 Å². The molecule has 5 nitrogen and oxygen atoms in total. The van der Waals surface area contributed by atoms with Crippen LogP contribution < -0.4 is 61.2 Å². The minimum absolute atomic E-state index is 0. The molecule has 0 spiro atoms. The third-order valence-corrected chi connectivity index (χ3v) is 6.33. The molecule has 2 rings (SSSR count). The average Bonchev–Trinajstić information content (AvgIpc) is 2.73. The fourth-order valence-electron chi connectivity index (χ4n) is 3.72. The smallest absolute Gasteiger partial charge is 0.871 e. The van der Waals surface area contributed by atoms with E-state index in [4.69, 9.17) is 4.74 Å². The first-order chi connectivity index (χ1) is 14.9. The van der Waals surface area contributed by atoms with Gasteiger partial charge in [-0.05, 0) is 30.5 Å². The summed E-state index contributed by atoms with van der Waals surface area (Å²) in [6.07, 6.45) is 14.0. The molecule has 0 unspecified atom stereocenters. The quantitative estimate of drug-likeness (QED) is 0.236. The van der Waals surface area contributed by atoms with Crippen LogP contribution in [0.4, 0.5) is 0 Å². The topological polar surface area (TPSA) is 86.7 Å². The maximum atomic E-state index is 12.2. The molecular formula is C25H35KO5S. The molecule has 0 amide bonds. The molecule has 0 saturated carbocycles. The first kappa shape index (κ1) is 29.6. The largest absolute Gasteiger partial charge is 1.00 e. The number of rotatable bonds is 15. The fourth-order valence-corrected chi connectivity index (χ4v) is 4.45. The van der Waals surface area contributed by atoms with E-state index in [-0.39, 0.29) is 57.1 Å². The third-order valence-electron chi connectivity index (χ3n) is 5.43. The Morgan fingerprint density at radius 3 is 1.88 bits per heavy atom. The first-order valence-corrected chi connectivity index (χ1v) is 12.9. The Hall–Kier alpha value is -0.414. The van der Waals surface area contributed by atoms with Gasteiger partial charge in [-0.25, -0.2) is 0 Å². The second-order valence-corrected chi connectivity index (χ2v) is 9.42. The van der Waals surface area contributed by atoms with Crippen LogP contribution in [0, 0.1) is 0 Å². The van der Waals surface area contributed by atoms with Gasteiger partial charge in [-0.1, -0.05) is 107 Å². The zero-order valence-electron chi connectivity index (χ0n) is 19.5. The SMILES string of the molecule is CCCCCCCCCCCCCc1ccc([O-])c(S(=O)(=O)O)c1Oc1ccccc1.[K+]. The Morgan fingerprint density at radius 1 is 0.812 bits per heavy atom. The molecule has 0 heterocycles. The summed E-state index contributed by atoms with van der Waals surface area (Å²) < 4.78 is 39.1. The average molecular weight is 487 g/mol. The van der Waals surface area contributed by atoms with Crippen molar-refractivity contribution in [3.63, 3.8) is 0 Å². The van der Waals surface area contributed by atoms with Gasteiger partial charge in [0.2, 0.25) is 0 Å². The second kappa shape index (κ2) is 16.3. The summed E-state index contributed by atoms with van der Waals surface area (Å²) in [7, 11) is -4.70. The van der Waals surface area contributed by atoms with E-state index in [1.54, 1.807) is 30.3 Å². The second-order valence-electron chi connectivity index (χ2n) is 8.06. The van der Waals surface area contributed by atoms with Gasteiger partial charge < -0.3 is 9.84 Å². The maximum Gasteiger partial charge on any atom is 1.00 e. The standard InChI is InChI=1S/C25H36O5S.K/c1-2-3-4-5-6-7-8-9-10-11-13-16-21-19-20-23(26)25(31(27,28)29)24(21)30-22-17-14-12-15-18-22;/h12,14-15,17-20,26H,2-11,13,16H2,1H3,(H,27,28,29);/q;+1/p-1. The molecule has 1 N–H and O–H groups in total. The van der Waals surface area contributed by atoms with E-state index < -0.39 is 20.8 Å². The Labute approximate surface area is 236 Å². The number of para-hydroxylation sites is 1. The van der Waals surface area contributed by atoms with Crippen LogP contribution in [0.25, 0.3) is 0 Å². The van der Waals surface area contributed by atoms with E-state index in [0.29, 0.717) is 17.7 Å². The monoisotopic (exact) mass is 486 g/mol. The molecule has 0 atom stereocenters. The molecule has 0 bridgehead atoms. The van der Waals surface area contributed by atoms with Crippen molar-refractivity contribution in [3.8, 4) is 17.2 Å². The van der Waals surface area contributed by atoms with E-state index in [9.17, 15) is 18.1 Å². The van der Waals surface area contributed by atoms with Crippen LogP contribution in [-0.2, 0) is 16.5 Å². The first-order valence-electron chi connectivity index (χ1n) is 11.5. The fraction of sp³-hybridized carbons (Fsp3) is 0.520. The van der Waals surface area contributed by atoms with Gasteiger partial charge in [0, 0.05) is 0 Å². The molecule has 0 aromatic heterocycles. The zero-order chi connectivity index (χ0) is 22.5. The molecule has 0 aliphatic heterocycles. The minimum atomic E-state index is -4.70. The predicted octanol–water partition coefficient (Wildman–Crippen LogP) is 3.66. The summed E-state index contributed by atoms with van der Waals surface area (Å²) in [5.74, 6) is -0.414. The van der Waals surface area contributed by atoms with Crippen molar-refractivity contribution in [2.75, 3.05) is 0 Å². The van der Waals surface area contributed by atoms with Crippen LogP contribution in [-0.4, -0.2) is 13.0 Å². The number of hydrogen-bond acceptors (Lipinski definition) is 4. The molecule has 0 fully saturated rings. The van der Waals surface area contributed by atoms with E-state index >= 15 is 0 Å². The van der Waals surface area contributed by atoms with Gasteiger partial charge in [0.05, 0.1) is 0 Å². The van der Waals surface area contributed by atoms with Gasteiger partial charge in [-0.2, -0.15) is 8.42 Å². The molecule has 2 aromatic carbocycles. The third kappa shape index (κ3) is 10.7. The Bertz CT molecular complexity index is 885. The number of unbranched alkanes of at least 4 members (excludes halogenated alkanes) is 10.